The topological polar surface area (TPSA) is 109 Å². The average molecular weight is 551 g/mol. The third-order valence-corrected chi connectivity index (χ3v) is 9.50. The Morgan fingerprint density at radius 2 is 1.77 bits per heavy atom. The van der Waals surface area contributed by atoms with Crippen LogP contribution in [-0.4, -0.2) is 44.2 Å². The van der Waals surface area contributed by atoms with Crippen LogP contribution in [0.5, 0.6) is 0 Å². The van der Waals surface area contributed by atoms with E-state index in [0.29, 0.717) is 6.07 Å². The van der Waals surface area contributed by atoms with Crippen LogP contribution < -0.4 is 4.72 Å². The van der Waals surface area contributed by atoms with Crippen LogP contribution in [0.1, 0.15) is 30.1 Å². The molecule has 1 aromatic carbocycles. The fraction of sp³-hybridized carbons (Fsp3) is 0.300. The van der Waals surface area contributed by atoms with Gasteiger partial charge in [-0.05, 0) is 43.2 Å². The third kappa shape index (κ3) is 5.47. The summed E-state index contributed by atoms with van der Waals surface area (Å²) in [6, 6.07) is 6.08. The second-order valence-corrected chi connectivity index (χ2v) is 12.1. The van der Waals surface area contributed by atoms with Gasteiger partial charge in [-0.1, -0.05) is 6.07 Å². The van der Waals surface area contributed by atoms with Gasteiger partial charge in [-0.25, -0.2) is 31.2 Å². The van der Waals surface area contributed by atoms with Crippen molar-refractivity contribution in [1.82, 2.24) is 14.3 Å². The van der Waals surface area contributed by atoms with Gasteiger partial charge in [0.25, 0.3) is 10.0 Å². The lowest BCUT2D eigenvalue weighted by Crippen LogP contribution is -2.38. The third-order valence-electron chi connectivity index (χ3n) is 5.42. The summed E-state index contributed by atoms with van der Waals surface area (Å²) in [6.45, 7) is -0.0314. The highest BCUT2D eigenvalue weighted by atomic mass is 32.2. The van der Waals surface area contributed by atoms with Gasteiger partial charge in [0, 0.05) is 36.3 Å². The first-order valence-electron chi connectivity index (χ1n) is 10.1. The summed E-state index contributed by atoms with van der Waals surface area (Å²) in [5, 5.41) is 1.55. The van der Waals surface area contributed by atoms with Crippen LogP contribution >= 0.6 is 11.3 Å². The van der Waals surface area contributed by atoms with Crippen molar-refractivity contribution in [3.8, 4) is 0 Å². The standard InChI is InChI=1S/C20H18F4N4O4S3/c21-15-12-14(4-5-17(15)34(29,30)27-19-25-8-11-33-19)35(31,32)28-9-6-13(7-10-28)16-2-1-3-18(26-16)20(22,23)24/h1-5,8,11-13H,6-7,9-10H2,(H,25,27). The number of hydrogen-bond donors (Lipinski definition) is 1. The molecule has 0 saturated carbocycles. The molecule has 0 amide bonds. The summed E-state index contributed by atoms with van der Waals surface area (Å²) < 4.78 is 108. The number of thiazole rings is 1. The van der Waals surface area contributed by atoms with E-state index < -0.39 is 47.5 Å². The number of anilines is 1. The minimum Gasteiger partial charge on any atom is -0.255 e. The van der Waals surface area contributed by atoms with Crippen LogP contribution in [0.4, 0.5) is 22.7 Å². The lowest BCUT2D eigenvalue weighted by molar-refractivity contribution is -0.141. The molecule has 188 valence electrons. The molecule has 0 bridgehead atoms. The highest BCUT2D eigenvalue weighted by Gasteiger charge is 2.35. The molecule has 1 fully saturated rings. The van der Waals surface area contributed by atoms with E-state index in [1.54, 1.807) is 0 Å². The number of alkyl halides is 3. The number of nitrogens with one attached hydrogen (secondary N) is 1. The SMILES string of the molecule is O=S(=O)(Nc1nccs1)c1ccc(S(=O)(=O)N2CCC(c3cccc(C(F)(F)F)n3)CC2)cc1F. The Balaban J connectivity index is 1.48. The Labute approximate surface area is 202 Å². The largest absolute Gasteiger partial charge is 0.433 e. The number of aromatic nitrogens is 2. The molecule has 8 nitrogen and oxygen atoms in total. The molecule has 0 spiro atoms. The smallest absolute Gasteiger partial charge is 0.255 e. The maximum atomic E-state index is 14.7. The molecule has 1 saturated heterocycles. The van der Waals surface area contributed by atoms with E-state index >= 15 is 0 Å². The van der Waals surface area contributed by atoms with Crippen LogP contribution in [-0.2, 0) is 26.2 Å². The second kappa shape index (κ2) is 9.44. The monoisotopic (exact) mass is 550 g/mol. The molecule has 1 aliphatic rings. The normalized spacial score (nSPS) is 16.3. The van der Waals surface area contributed by atoms with Crippen molar-refractivity contribution in [2.45, 2.75) is 34.7 Å². The fourth-order valence-electron chi connectivity index (χ4n) is 3.68. The van der Waals surface area contributed by atoms with Crippen LogP contribution in [0.2, 0.25) is 0 Å². The number of hydrogen-bond acceptors (Lipinski definition) is 7. The zero-order valence-corrected chi connectivity index (χ0v) is 20.2. The highest BCUT2D eigenvalue weighted by Crippen LogP contribution is 2.33. The summed E-state index contributed by atoms with van der Waals surface area (Å²) in [4.78, 5) is 6.27. The lowest BCUT2D eigenvalue weighted by Gasteiger charge is -2.31. The van der Waals surface area contributed by atoms with Gasteiger partial charge in [0.15, 0.2) is 5.13 Å². The summed E-state index contributed by atoms with van der Waals surface area (Å²) >= 11 is 0.990. The number of benzene rings is 1. The summed E-state index contributed by atoms with van der Waals surface area (Å²) in [5.74, 6) is -1.62. The van der Waals surface area contributed by atoms with E-state index in [1.165, 1.54) is 23.7 Å². The zero-order valence-electron chi connectivity index (χ0n) is 17.7. The number of pyridine rings is 1. The van der Waals surface area contributed by atoms with E-state index in [-0.39, 0.29) is 42.7 Å². The molecule has 3 aromatic rings. The molecule has 35 heavy (non-hydrogen) atoms. The maximum Gasteiger partial charge on any atom is 0.433 e. The van der Waals surface area contributed by atoms with Crippen LogP contribution in [0.15, 0.2) is 57.8 Å². The lowest BCUT2D eigenvalue weighted by atomic mass is 9.94. The van der Waals surface area contributed by atoms with Gasteiger partial charge in [-0.2, -0.15) is 17.5 Å². The second-order valence-electron chi connectivity index (χ2n) is 7.66. The molecular formula is C20H18F4N4O4S3. The number of sulfonamides is 2. The molecule has 3 heterocycles. The molecule has 0 atom stereocenters. The summed E-state index contributed by atoms with van der Waals surface area (Å²) in [5.41, 5.74) is -0.787. The van der Waals surface area contributed by atoms with Crippen molar-refractivity contribution in [3.63, 3.8) is 0 Å². The number of piperidine rings is 1. The van der Waals surface area contributed by atoms with Crippen LogP contribution in [0.3, 0.4) is 0 Å². The molecule has 0 aliphatic carbocycles. The van der Waals surface area contributed by atoms with Crippen molar-refractivity contribution < 1.29 is 34.4 Å². The van der Waals surface area contributed by atoms with Gasteiger partial charge in [-0.3, -0.25) is 4.72 Å². The first-order chi connectivity index (χ1) is 16.4. The van der Waals surface area contributed by atoms with Crippen molar-refractivity contribution in [2.24, 2.45) is 0 Å². The van der Waals surface area contributed by atoms with Crippen molar-refractivity contribution in [3.05, 3.63) is 65.2 Å². The van der Waals surface area contributed by atoms with Crippen molar-refractivity contribution >= 4 is 36.5 Å². The quantitative estimate of drug-likeness (QED) is 0.464. The van der Waals surface area contributed by atoms with E-state index in [0.717, 1.165) is 33.8 Å². The van der Waals surface area contributed by atoms with E-state index in [1.807, 2.05) is 0 Å². The van der Waals surface area contributed by atoms with Crippen molar-refractivity contribution in [2.75, 3.05) is 17.8 Å². The average Bonchev–Trinajstić information content (AvgIpc) is 3.31. The molecule has 15 heteroatoms. The minimum atomic E-state index is -4.58. The van der Waals surface area contributed by atoms with Gasteiger partial charge < -0.3 is 0 Å². The van der Waals surface area contributed by atoms with Crippen molar-refractivity contribution in [1.29, 1.82) is 0 Å². The highest BCUT2D eigenvalue weighted by molar-refractivity contribution is 7.93. The van der Waals surface area contributed by atoms with Gasteiger partial charge in [0.05, 0.1) is 4.90 Å². The predicted molar refractivity (Wildman–Crippen MR) is 119 cm³/mol. The predicted octanol–water partition coefficient (Wildman–Crippen LogP) is 4.07. The summed E-state index contributed by atoms with van der Waals surface area (Å²) in [7, 11) is -8.49. The Hall–Kier alpha value is -2.62. The van der Waals surface area contributed by atoms with Gasteiger partial charge >= 0.3 is 6.18 Å². The molecule has 4 rings (SSSR count). The van der Waals surface area contributed by atoms with Gasteiger partial charge in [0.2, 0.25) is 10.0 Å². The number of nitrogens with zero attached hydrogens (tertiary/aromatic N) is 3. The van der Waals surface area contributed by atoms with E-state index in [9.17, 15) is 34.4 Å². The first-order valence-corrected chi connectivity index (χ1v) is 13.9. The Morgan fingerprint density at radius 3 is 2.37 bits per heavy atom. The Bertz CT molecular complexity index is 1420. The molecule has 1 aliphatic heterocycles. The van der Waals surface area contributed by atoms with E-state index in [2.05, 4.69) is 14.7 Å². The number of rotatable bonds is 6. The maximum absolute atomic E-state index is 14.7. The van der Waals surface area contributed by atoms with Crippen LogP contribution in [0, 0.1) is 5.82 Å². The Morgan fingerprint density at radius 1 is 1.06 bits per heavy atom. The molecular weight excluding hydrogens is 532 g/mol. The fourth-order valence-corrected chi connectivity index (χ4v) is 7.01. The first kappa shape index (κ1) is 25.5. The van der Waals surface area contributed by atoms with Gasteiger partial charge in [-0.15, -0.1) is 11.3 Å². The minimum absolute atomic E-state index is 0.0157. The molecule has 1 N–H and O–H groups in total. The molecule has 2 aromatic heterocycles. The summed E-state index contributed by atoms with van der Waals surface area (Å²) in [6.07, 6.45) is -2.78. The number of halogens is 4. The van der Waals surface area contributed by atoms with E-state index in [4.69, 9.17) is 0 Å². The Kier molecular flexibility index (Phi) is 6.87. The van der Waals surface area contributed by atoms with Crippen LogP contribution in [0.25, 0.3) is 0 Å². The van der Waals surface area contributed by atoms with Gasteiger partial charge in [0.1, 0.15) is 16.4 Å². The molecule has 0 radical (unpaired) electrons. The zero-order chi connectivity index (χ0) is 25.4. The molecule has 0 unspecified atom stereocenters.